The first-order valence-electron chi connectivity index (χ1n) is 6.36. The minimum Gasteiger partial charge on any atom is -0.399 e. The van der Waals surface area contributed by atoms with Gasteiger partial charge in [-0.1, -0.05) is 18.2 Å². The predicted molar refractivity (Wildman–Crippen MR) is 81.9 cm³/mol. The van der Waals surface area contributed by atoms with Gasteiger partial charge in [0.25, 0.3) is 5.91 Å². The number of carbonyl (C=O) groups is 1. The SMILES string of the molecule is CN(C(=O)c1c[nH]c2cc(N)ccc12)c1ccccc1. The summed E-state index contributed by atoms with van der Waals surface area (Å²) in [5, 5.41) is 0.881. The van der Waals surface area contributed by atoms with Crippen LogP contribution in [0.1, 0.15) is 10.4 Å². The second kappa shape index (κ2) is 4.74. The lowest BCUT2D eigenvalue weighted by molar-refractivity contribution is 0.0994. The summed E-state index contributed by atoms with van der Waals surface area (Å²) < 4.78 is 0. The number of H-pyrrole nitrogens is 1. The van der Waals surface area contributed by atoms with Crippen LogP contribution in [0.2, 0.25) is 0 Å². The Morgan fingerprint density at radius 1 is 1.15 bits per heavy atom. The highest BCUT2D eigenvalue weighted by molar-refractivity contribution is 6.13. The number of rotatable bonds is 2. The predicted octanol–water partition coefficient (Wildman–Crippen LogP) is 3.03. The van der Waals surface area contributed by atoms with Crippen LogP contribution in [-0.4, -0.2) is 17.9 Å². The molecular weight excluding hydrogens is 250 g/mol. The zero-order valence-electron chi connectivity index (χ0n) is 11.1. The van der Waals surface area contributed by atoms with Gasteiger partial charge in [-0.05, 0) is 30.3 Å². The minimum atomic E-state index is -0.0489. The number of hydrogen-bond acceptors (Lipinski definition) is 2. The van der Waals surface area contributed by atoms with E-state index in [2.05, 4.69) is 4.98 Å². The average molecular weight is 265 g/mol. The number of nitrogens with zero attached hydrogens (tertiary/aromatic N) is 1. The molecule has 2 aromatic carbocycles. The second-order valence-corrected chi connectivity index (χ2v) is 4.71. The summed E-state index contributed by atoms with van der Waals surface area (Å²) in [6.07, 6.45) is 1.73. The smallest absolute Gasteiger partial charge is 0.260 e. The first-order chi connectivity index (χ1) is 9.66. The maximum atomic E-state index is 12.6. The van der Waals surface area contributed by atoms with Crippen LogP contribution >= 0.6 is 0 Å². The van der Waals surface area contributed by atoms with Gasteiger partial charge in [-0.25, -0.2) is 0 Å². The highest BCUT2D eigenvalue weighted by Gasteiger charge is 2.17. The molecule has 3 rings (SSSR count). The van der Waals surface area contributed by atoms with E-state index in [-0.39, 0.29) is 5.91 Å². The van der Waals surface area contributed by atoms with Crippen molar-refractivity contribution < 1.29 is 4.79 Å². The summed E-state index contributed by atoms with van der Waals surface area (Å²) >= 11 is 0. The molecule has 4 heteroatoms. The molecule has 0 unspecified atom stereocenters. The molecule has 0 spiro atoms. The number of hydrogen-bond donors (Lipinski definition) is 2. The van der Waals surface area contributed by atoms with Crippen molar-refractivity contribution in [3.8, 4) is 0 Å². The number of nitrogens with two attached hydrogens (primary N) is 1. The summed E-state index contributed by atoms with van der Waals surface area (Å²) in [6, 6.07) is 15.1. The van der Waals surface area contributed by atoms with E-state index >= 15 is 0 Å². The average Bonchev–Trinajstić information content (AvgIpc) is 2.89. The van der Waals surface area contributed by atoms with Crippen molar-refractivity contribution in [1.82, 2.24) is 4.98 Å². The number of amides is 1. The molecule has 1 aromatic heterocycles. The Morgan fingerprint density at radius 3 is 2.65 bits per heavy atom. The maximum absolute atomic E-state index is 12.6. The van der Waals surface area contributed by atoms with E-state index < -0.39 is 0 Å². The van der Waals surface area contributed by atoms with Crippen LogP contribution in [0.5, 0.6) is 0 Å². The van der Waals surface area contributed by atoms with Gasteiger partial charge in [0.05, 0.1) is 5.56 Å². The lowest BCUT2D eigenvalue weighted by Gasteiger charge is -2.16. The number of fused-ring (bicyclic) bond motifs is 1. The van der Waals surface area contributed by atoms with Crippen LogP contribution in [0.15, 0.2) is 54.7 Å². The molecule has 1 heterocycles. The van der Waals surface area contributed by atoms with E-state index in [1.807, 2.05) is 42.5 Å². The Bertz CT molecular complexity index is 762. The van der Waals surface area contributed by atoms with Crippen LogP contribution in [0.4, 0.5) is 11.4 Å². The van der Waals surface area contributed by atoms with Crippen LogP contribution in [0.3, 0.4) is 0 Å². The molecule has 0 radical (unpaired) electrons. The summed E-state index contributed by atoms with van der Waals surface area (Å²) in [6.45, 7) is 0. The Morgan fingerprint density at radius 2 is 1.90 bits per heavy atom. The lowest BCUT2D eigenvalue weighted by Crippen LogP contribution is -2.25. The third-order valence-corrected chi connectivity index (χ3v) is 3.38. The van der Waals surface area contributed by atoms with Crippen molar-refractivity contribution in [3.05, 3.63) is 60.3 Å². The van der Waals surface area contributed by atoms with Crippen LogP contribution in [0.25, 0.3) is 10.9 Å². The molecular formula is C16H15N3O. The van der Waals surface area contributed by atoms with E-state index in [9.17, 15) is 4.79 Å². The number of carbonyl (C=O) groups excluding carboxylic acids is 1. The van der Waals surface area contributed by atoms with Gasteiger partial charge in [0.1, 0.15) is 0 Å². The van der Waals surface area contributed by atoms with E-state index in [0.717, 1.165) is 16.6 Å². The number of nitrogens with one attached hydrogen (secondary N) is 1. The summed E-state index contributed by atoms with van der Waals surface area (Å²) in [5.74, 6) is -0.0489. The van der Waals surface area contributed by atoms with Crippen molar-refractivity contribution in [2.75, 3.05) is 17.7 Å². The fourth-order valence-corrected chi connectivity index (χ4v) is 2.27. The van der Waals surface area contributed by atoms with E-state index in [1.54, 1.807) is 24.2 Å². The number of para-hydroxylation sites is 1. The largest absolute Gasteiger partial charge is 0.399 e. The molecule has 1 amide bonds. The van der Waals surface area contributed by atoms with Crippen molar-refractivity contribution in [1.29, 1.82) is 0 Å². The van der Waals surface area contributed by atoms with E-state index in [0.29, 0.717) is 11.3 Å². The zero-order valence-corrected chi connectivity index (χ0v) is 11.1. The van der Waals surface area contributed by atoms with Gasteiger partial charge in [0.15, 0.2) is 0 Å². The Kier molecular flexibility index (Phi) is 2.91. The van der Waals surface area contributed by atoms with Crippen LogP contribution < -0.4 is 10.6 Å². The lowest BCUT2D eigenvalue weighted by atomic mass is 10.1. The fraction of sp³-hybridized carbons (Fsp3) is 0.0625. The van der Waals surface area contributed by atoms with Gasteiger partial charge in [0, 0.05) is 35.5 Å². The highest BCUT2D eigenvalue weighted by Crippen LogP contribution is 2.23. The molecule has 3 N–H and O–H groups in total. The van der Waals surface area contributed by atoms with E-state index in [4.69, 9.17) is 5.73 Å². The van der Waals surface area contributed by atoms with Crippen molar-refractivity contribution >= 4 is 28.2 Å². The molecule has 0 aliphatic heterocycles. The topological polar surface area (TPSA) is 62.1 Å². The van der Waals surface area contributed by atoms with Gasteiger partial charge < -0.3 is 15.6 Å². The summed E-state index contributed by atoms with van der Waals surface area (Å²) in [4.78, 5) is 17.3. The van der Waals surface area contributed by atoms with Crippen molar-refractivity contribution in [2.24, 2.45) is 0 Å². The Labute approximate surface area is 116 Å². The molecule has 100 valence electrons. The number of aromatic nitrogens is 1. The molecule has 4 nitrogen and oxygen atoms in total. The van der Waals surface area contributed by atoms with E-state index in [1.165, 1.54) is 0 Å². The molecule has 20 heavy (non-hydrogen) atoms. The van der Waals surface area contributed by atoms with Gasteiger partial charge in [-0.15, -0.1) is 0 Å². The summed E-state index contributed by atoms with van der Waals surface area (Å²) in [5.41, 5.74) is 8.80. The quantitative estimate of drug-likeness (QED) is 0.700. The number of aromatic amines is 1. The first kappa shape index (κ1) is 12.3. The Balaban J connectivity index is 2.01. The van der Waals surface area contributed by atoms with Crippen molar-refractivity contribution in [3.63, 3.8) is 0 Å². The van der Waals surface area contributed by atoms with Crippen molar-refractivity contribution in [2.45, 2.75) is 0 Å². The van der Waals surface area contributed by atoms with Gasteiger partial charge in [0.2, 0.25) is 0 Å². The second-order valence-electron chi connectivity index (χ2n) is 4.71. The molecule has 0 aliphatic carbocycles. The molecule has 0 fully saturated rings. The van der Waals surface area contributed by atoms with Crippen LogP contribution in [-0.2, 0) is 0 Å². The van der Waals surface area contributed by atoms with Gasteiger partial charge in [-0.3, -0.25) is 4.79 Å². The number of nitrogen functional groups attached to an aromatic ring is 1. The minimum absolute atomic E-state index is 0.0489. The molecule has 3 aromatic rings. The fourth-order valence-electron chi connectivity index (χ4n) is 2.27. The van der Waals surface area contributed by atoms with Crippen LogP contribution in [0, 0.1) is 0 Å². The molecule has 0 saturated carbocycles. The third-order valence-electron chi connectivity index (χ3n) is 3.38. The monoisotopic (exact) mass is 265 g/mol. The molecule has 0 atom stereocenters. The van der Waals surface area contributed by atoms with Gasteiger partial charge in [-0.2, -0.15) is 0 Å². The number of anilines is 2. The Hall–Kier alpha value is -2.75. The molecule has 0 aliphatic rings. The zero-order chi connectivity index (χ0) is 14.1. The number of benzene rings is 2. The normalized spacial score (nSPS) is 10.7. The molecule has 0 bridgehead atoms. The van der Waals surface area contributed by atoms with Gasteiger partial charge >= 0.3 is 0 Å². The first-order valence-corrected chi connectivity index (χ1v) is 6.36. The maximum Gasteiger partial charge on any atom is 0.260 e. The summed E-state index contributed by atoms with van der Waals surface area (Å²) in [7, 11) is 1.77. The molecule has 0 saturated heterocycles. The third kappa shape index (κ3) is 2.01. The standard InChI is InChI=1S/C16H15N3O/c1-19(12-5-3-2-4-6-12)16(20)14-10-18-15-9-11(17)7-8-13(14)15/h2-10,18H,17H2,1H3. The highest BCUT2D eigenvalue weighted by atomic mass is 16.2.